The van der Waals surface area contributed by atoms with Crippen LogP contribution in [0.4, 0.5) is 9.39 Å². The molecule has 3 aromatic rings. The number of primary amides is 1. The van der Waals surface area contributed by atoms with Crippen LogP contribution in [0.5, 0.6) is 0 Å². The smallest absolute Gasteiger partial charge is 0.267 e. The van der Waals surface area contributed by atoms with Gasteiger partial charge in [-0.3, -0.25) is 9.59 Å². The molecular weight excluding hydrogens is 347 g/mol. The third-order valence-corrected chi connectivity index (χ3v) is 5.44. The van der Waals surface area contributed by atoms with Gasteiger partial charge in [-0.1, -0.05) is 11.6 Å². The summed E-state index contributed by atoms with van der Waals surface area (Å²) in [5.74, 6) is -1.48. The average molecular weight is 355 g/mol. The first-order valence-corrected chi connectivity index (χ1v) is 8.11. The Hall–Kier alpha value is -1.96. The highest BCUT2D eigenvalue weighted by Crippen LogP contribution is 2.36. The summed E-state index contributed by atoms with van der Waals surface area (Å²) in [6.45, 7) is 0. The van der Waals surface area contributed by atoms with Crippen LogP contribution in [0.1, 0.15) is 20.0 Å². The van der Waals surface area contributed by atoms with Gasteiger partial charge >= 0.3 is 0 Å². The van der Waals surface area contributed by atoms with Crippen molar-refractivity contribution in [2.24, 2.45) is 5.73 Å². The molecule has 2 aromatic heterocycles. The van der Waals surface area contributed by atoms with E-state index in [1.165, 1.54) is 35.6 Å². The van der Waals surface area contributed by atoms with Crippen molar-refractivity contribution in [2.75, 3.05) is 5.32 Å². The number of nitrogens with one attached hydrogen (secondary N) is 1. The minimum absolute atomic E-state index is 0.238. The van der Waals surface area contributed by atoms with Crippen molar-refractivity contribution >= 4 is 61.2 Å². The number of halogens is 2. The first kappa shape index (κ1) is 15.0. The Bertz CT molecular complexity index is 904. The number of carbonyl (C=O) groups is 2. The normalized spacial score (nSPS) is 10.8. The molecule has 0 unspecified atom stereocenters. The summed E-state index contributed by atoms with van der Waals surface area (Å²) in [7, 11) is 0. The SMILES string of the molecule is NC(=O)c1ccsc1NC(=O)c1sc2cc(F)ccc2c1Cl. The van der Waals surface area contributed by atoms with Crippen molar-refractivity contribution < 1.29 is 14.0 Å². The molecule has 8 heteroatoms. The third kappa shape index (κ3) is 2.58. The molecular formula is C14H8ClFN2O2S2. The Morgan fingerprint density at radius 2 is 2.05 bits per heavy atom. The predicted molar refractivity (Wildman–Crippen MR) is 87.6 cm³/mol. The summed E-state index contributed by atoms with van der Waals surface area (Å²) in [5, 5.41) is 5.49. The minimum atomic E-state index is -0.624. The Balaban J connectivity index is 1.97. The maximum Gasteiger partial charge on any atom is 0.267 e. The molecule has 3 N–H and O–H groups in total. The van der Waals surface area contributed by atoms with Crippen LogP contribution in [0.2, 0.25) is 5.02 Å². The van der Waals surface area contributed by atoms with E-state index in [-0.39, 0.29) is 15.5 Å². The molecule has 0 saturated carbocycles. The van der Waals surface area contributed by atoms with Crippen LogP contribution in [-0.2, 0) is 0 Å². The zero-order valence-electron chi connectivity index (χ0n) is 10.9. The predicted octanol–water partition coefficient (Wildman–Crippen LogP) is 4.11. The number of benzene rings is 1. The molecule has 0 aliphatic heterocycles. The molecule has 0 radical (unpaired) electrons. The Kier molecular flexibility index (Phi) is 3.86. The molecule has 0 aliphatic carbocycles. The summed E-state index contributed by atoms with van der Waals surface area (Å²) in [6, 6.07) is 5.67. The van der Waals surface area contributed by atoms with Crippen LogP contribution in [0.15, 0.2) is 29.6 Å². The summed E-state index contributed by atoms with van der Waals surface area (Å²) < 4.78 is 13.8. The number of hydrogen-bond acceptors (Lipinski definition) is 4. The summed E-state index contributed by atoms with van der Waals surface area (Å²) in [6.07, 6.45) is 0. The summed E-state index contributed by atoms with van der Waals surface area (Å²) in [4.78, 5) is 23.9. The van der Waals surface area contributed by atoms with E-state index in [9.17, 15) is 14.0 Å². The molecule has 2 amide bonds. The van der Waals surface area contributed by atoms with Gasteiger partial charge in [0.1, 0.15) is 15.7 Å². The van der Waals surface area contributed by atoms with Gasteiger partial charge in [0.25, 0.3) is 11.8 Å². The van der Waals surface area contributed by atoms with Crippen molar-refractivity contribution in [3.8, 4) is 0 Å². The first-order chi connectivity index (χ1) is 10.5. The number of nitrogens with two attached hydrogens (primary N) is 1. The van der Waals surface area contributed by atoms with E-state index >= 15 is 0 Å². The zero-order chi connectivity index (χ0) is 15.9. The van der Waals surface area contributed by atoms with Crippen molar-refractivity contribution in [3.05, 3.63) is 50.9 Å². The van der Waals surface area contributed by atoms with E-state index in [4.69, 9.17) is 17.3 Å². The standard InChI is InChI=1S/C14H8ClFN2O2S2/c15-10-7-2-1-6(16)5-9(7)22-11(10)13(20)18-14-8(12(17)19)3-4-21-14/h1-5H,(H2,17,19)(H,18,20). The number of hydrogen-bond donors (Lipinski definition) is 2. The Labute approximate surface area is 137 Å². The van der Waals surface area contributed by atoms with Gasteiger partial charge in [0.05, 0.1) is 10.6 Å². The molecule has 0 saturated heterocycles. The molecule has 4 nitrogen and oxygen atoms in total. The van der Waals surface area contributed by atoms with Crippen LogP contribution < -0.4 is 11.1 Å². The lowest BCUT2D eigenvalue weighted by Crippen LogP contribution is -2.16. The fourth-order valence-electron chi connectivity index (χ4n) is 1.95. The number of fused-ring (bicyclic) bond motifs is 1. The van der Waals surface area contributed by atoms with Crippen molar-refractivity contribution in [3.63, 3.8) is 0 Å². The van der Waals surface area contributed by atoms with Crippen molar-refractivity contribution in [2.45, 2.75) is 0 Å². The fraction of sp³-hybridized carbons (Fsp3) is 0. The fourth-order valence-corrected chi connectivity index (χ4v) is 4.17. The van der Waals surface area contributed by atoms with Gasteiger partial charge in [-0.05, 0) is 29.6 Å². The maximum absolute atomic E-state index is 13.2. The quantitative estimate of drug-likeness (QED) is 0.743. The molecule has 3 rings (SSSR count). The molecule has 0 spiro atoms. The molecule has 0 aliphatic rings. The molecule has 1 aromatic carbocycles. The number of rotatable bonds is 3. The van der Waals surface area contributed by atoms with Crippen LogP contribution in [0, 0.1) is 5.82 Å². The van der Waals surface area contributed by atoms with Crippen molar-refractivity contribution in [1.29, 1.82) is 0 Å². The average Bonchev–Trinajstić information content (AvgIpc) is 3.03. The number of amides is 2. The molecule has 0 bridgehead atoms. The minimum Gasteiger partial charge on any atom is -0.366 e. The Morgan fingerprint density at radius 3 is 2.77 bits per heavy atom. The van der Waals surface area contributed by atoms with Gasteiger partial charge in [-0.15, -0.1) is 22.7 Å². The topological polar surface area (TPSA) is 72.2 Å². The van der Waals surface area contributed by atoms with E-state index in [0.29, 0.717) is 15.1 Å². The lowest BCUT2D eigenvalue weighted by molar-refractivity contribution is 0.100. The number of carbonyl (C=O) groups excluding carboxylic acids is 2. The molecule has 22 heavy (non-hydrogen) atoms. The second-order valence-corrected chi connectivity index (χ2v) is 6.71. The van der Waals surface area contributed by atoms with Gasteiger partial charge in [-0.25, -0.2) is 4.39 Å². The lowest BCUT2D eigenvalue weighted by Gasteiger charge is -2.03. The highest BCUT2D eigenvalue weighted by molar-refractivity contribution is 7.22. The monoisotopic (exact) mass is 354 g/mol. The number of thiophene rings is 2. The summed E-state index contributed by atoms with van der Waals surface area (Å²) in [5.41, 5.74) is 5.47. The number of anilines is 1. The van der Waals surface area contributed by atoms with Crippen LogP contribution in [0.25, 0.3) is 10.1 Å². The van der Waals surface area contributed by atoms with Crippen LogP contribution >= 0.6 is 34.3 Å². The molecule has 0 fully saturated rings. The Morgan fingerprint density at radius 1 is 1.27 bits per heavy atom. The highest BCUT2D eigenvalue weighted by Gasteiger charge is 2.20. The van der Waals surface area contributed by atoms with E-state index in [2.05, 4.69) is 5.32 Å². The second kappa shape index (κ2) is 5.68. The van der Waals surface area contributed by atoms with E-state index in [1.54, 1.807) is 5.38 Å². The van der Waals surface area contributed by atoms with Gasteiger partial charge < -0.3 is 11.1 Å². The third-order valence-electron chi connectivity index (χ3n) is 2.96. The molecule has 0 atom stereocenters. The molecule has 2 heterocycles. The van der Waals surface area contributed by atoms with E-state index in [0.717, 1.165) is 11.3 Å². The largest absolute Gasteiger partial charge is 0.366 e. The zero-order valence-corrected chi connectivity index (χ0v) is 13.2. The van der Waals surface area contributed by atoms with Gasteiger partial charge in [0.15, 0.2) is 0 Å². The van der Waals surface area contributed by atoms with E-state index in [1.807, 2.05) is 0 Å². The summed E-state index contributed by atoms with van der Waals surface area (Å²) >= 11 is 8.46. The van der Waals surface area contributed by atoms with Crippen molar-refractivity contribution in [1.82, 2.24) is 0 Å². The van der Waals surface area contributed by atoms with Gasteiger partial charge in [0, 0.05) is 10.1 Å². The van der Waals surface area contributed by atoms with Gasteiger partial charge in [-0.2, -0.15) is 0 Å². The maximum atomic E-state index is 13.2. The van der Waals surface area contributed by atoms with E-state index < -0.39 is 17.6 Å². The highest BCUT2D eigenvalue weighted by atomic mass is 35.5. The molecule has 112 valence electrons. The van der Waals surface area contributed by atoms with Gasteiger partial charge in [0.2, 0.25) is 0 Å². The van der Waals surface area contributed by atoms with Crippen LogP contribution in [0.3, 0.4) is 0 Å². The second-order valence-electron chi connectivity index (χ2n) is 4.37. The lowest BCUT2D eigenvalue weighted by atomic mass is 10.2. The first-order valence-electron chi connectivity index (χ1n) is 6.03. The van der Waals surface area contributed by atoms with Crippen LogP contribution in [-0.4, -0.2) is 11.8 Å².